The monoisotopic (exact) mass is 358 g/mol. The number of piperidine rings is 1. The van der Waals surface area contributed by atoms with E-state index in [9.17, 15) is 14.4 Å². The molecular weight excluding hydrogens is 332 g/mol. The van der Waals surface area contributed by atoms with Crippen LogP contribution in [0, 0.1) is 5.92 Å². The molecule has 1 aliphatic heterocycles. The zero-order valence-corrected chi connectivity index (χ0v) is 15.6. The number of hydrogen-bond acceptors (Lipinski definition) is 3. The zero-order valence-electron chi connectivity index (χ0n) is 15.6. The van der Waals surface area contributed by atoms with Crippen LogP contribution in [0.3, 0.4) is 0 Å². The highest BCUT2D eigenvalue weighted by Gasteiger charge is 2.28. The van der Waals surface area contributed by atoms with Crippen LogP contribution in [0.2, 0.25) is 0 Å². The Morgan fingerprint density at radius 1 is 1.08 bits per heavy atom. The summed E-state index contributed by atoms with van der Waals surface area (Å²) >= 11 is 0. The Bertz CT molecular complexity index is 873. The molecule has 0 N–H and O–H groups in total. The second-order valence-corrected chi connectivity index (χ2v) is 6.99. The number of amides is 2. The van der Waals surface area contributed by atoms with E-state index in [1.807, 2.05) is 31.2 Å². The molecule has 3 rings (SSSR count). The van der Waals surface area contributed by atoms with Gasteiger partial charge < -0.3 is 9.80 Å². The van der Waals surface area contributed by atoms with Gasteiger partial charge in [0.1, 0.15) is 6.54 Å². The first-order chi connectivity index (χ1) is 12.4. The summed E-state index contributed by atoms with van der Waals surface area (Å²) in [5.74, 6) is 0.0416. The topological polar surface area (TPSA) is 67.5 Å². The standard InChI is InChI=1S/C19H26N4O3/c1-4-22-15-7-5-6-8-16(15)23(19(22)26)13-17(24)21-11-9-14(10-12-21)18(25)20(2)3/h5-8,14H,4,9-13H2,1-3H3. The molecular formula is C19H26N4O3. The highest BCUT2D eigenvalue weighted by Crippen LogP contribution is 2.20. The lowest BCUT2D eigenvalue weighted by Gasteiger charge is -2.32. The molecule has 7 heteroatoms. The molecule has 1 saturated heterocycles. The Morgan fingerprint density at radius 2 is 1.65 bits per heavy atom. The molecule has 7 nitrogen and oxygen atoms in total. The smallest absolute Gasteiger partial charge is 0.329 e. The molecule has 1 aromatic carbocycles. The molecule has 0 radical (unpaired) electrons. The third-order valence-electron chi connectivity index (χ3n) is 5.17. The maximum Gasteiger partial charge on any atom is 0.329 e. The number of aromatic nitrogens is 2. The molecule has 1 fully saturated rings. The van der Waals surface area contributed by atoms with E-state index in [1.165, 1.54) is 0 Å². The number of likely N-dealkylation sites (tertiary alicyclic amines) is 1. The van der Waals surface area contributed by atoms with Crippen LogP contribution < -0.4 is 5.69 Å². The first-order valence-corrected chi connectivity index (χ1v) is 9.11. The van der Waals surface area contributed by atoms with Crippen LogP contribution in [0.1, 0.15) is 19.8 Å². The van der Waals surface area contributed by atoms with Crippen LogP contribution in [0.4, 0.5) is 0 Å². The lowest BCUT2D eigenvalue weighted by atomic mass is 9.95. The number of carbonyl (C=O) groups excluding carboxylic acids is 2. The van der Waals surface area contributed by atoms with Crippen LogP contribution in [0.5, 0.6) is 0 Å². The average molecular weight is 358 g/mol. The molecule has 0 bridgehead atoms. The van der Waals surface area contributed by atoms with Crippen LogP contribution >= 0.6 is 0 Å². The second kappa shape index (κ2) is 7.35. The predicted octanol–water partition coefficient (Wildman–Crippen LogP) is 1.15. The van der Waals surface area contributed by atoms with Gasteiger partial charge in [-0.05, 0) is 31.9 Å². The van der Waals surface area contributed by atoms with Crippen molar-refractivity contribution in [2.75, 3.05) is 27.2 Å². The molecule has 0 aliphatic carbocycles. The van der Waals surface area contributed by atoms with Crippen molar-refractivity contribution in [3.8, 4) is 0 Å². The van der Waals surface area contributed by atoms with E-state index in [0.717, 1.165) is 11.0 Å². The van der Waals surface area contributed by atoms with Crippen molar-refractivity contribution >= 4 is 22.8 Å². The lowest BCUT2D eigenvalue weighted by Crippen LogP contribution is -2.44. The van der Waals surface area contributed by atoms with Gasteiger partial charge in [0.25, 0.3) is 0 Å². The Labute approximate surface area is 152 Å². The number of aryl methyl sites for hydroxylation is 1. The maximum absolute atomic E-state index is 12.7. The summed E-state index contributed by atoms with van der Waals surface area (Å²) in [6.45, 7) is 3.65. The minimum absolute atomic E-state index is 0.0150. The minimum Gasteiger partial charge on any atom is -0.349 e. The number of para-hydroxylation sites is 2. The summed E-state index contributed by atoms with van der Waals surface area (Å²) in [4.78, 5) is 40.8. The van der Waals surface area contributed by atoms with Gasteiger partial charge >= 0.3 is 5.69 Å². The Balaban J connectivity index is 1.74. The quantitative estimate of drug-likeness (QED) is 0.823. The van der Waals surface area contributed by atoms with E-state index in [4.69, 9.17) is 0 Å². The Morgan fingerprint density at radius 3 is 2.19 bits per heavy atom. The largest absolute Gasteiger partial charge is 0.349 e. The number of hydrogen-bond donors (Lipinski definition) is 0. The normalized spacial score (nSPS) is 15.4. The highest BCUT2D eigenvalue weighted by molar-refractivity contribution is 5.82. The van der Waals surface area contributed by atoms with Gasteiger partial charge in [-0.15, -0.1) is 0 Å². The lowest BCUT2D eigenvalue weighted by molar-refractivity contribution is -0.139. The minimum atomic E-state index is -0.153. The fourth-order valence-corrected chi connectivity index (χ4v) is 3.71. The SMILES string of the molecule is CCn1c(=O)n(CC(=O)N2CCC(C(=O)N(C)C)CC2)c2ccccc21. The average Bonchev–Trinajstić information content (AvgIpc) is 2.92. The van der Waals surface area contributed by atoms with Crippen molar-refractivity contribution in [2.45, 2.75) is 32.9 Å². The number of carbonyl (C=O) groups is 2. The molecule has 26 heavy (non-hydrogen) atoms. The fraction of sp³-hybridized carbons (Fsp3) is 0.526. The second-order valence-electron chi connectivity index (χ2n) is 6.99. The van der Waals surface area contributed by atoms with E-state index in [2.05, 4.69) is 0 Å². The summed E-state index contributed by atoms with van der Waals surface area (Å²) in [6.07, 6.45) is 1.35. The van der Waals surface area contributed by atoms with E-state index in [-0.39, 0.29) is 30.0 Å². The van der Waals surface area contributed by atoms with Gasteiger partial charge in [-0.2, -0.15) is 0 Å². The van der Waals surface area contributed by atoms with Crippen molar-refractivity contribution in [3.63, 3.8) is 0 Å². The van der Waals surface area contributed by atoms with Crippen molar-refractivity contribution in [2.24, 2.45) is 5.92 Å². The molecule has 140 valence electrons. The Hall–Kier alpha value is -2.57. The van der Waals surface area contributed by atoms with Gasteiger partial charge in [0.05, 0.1) is 11.0 Å². The van der Waals surface area contributed by atoms with Crippen molar-refractivity contribution in [1.82, 2.24) is 18.9 Å². The predicted molar refractivity (Wildman–Crippen MR) is 99.9 cm³/mol. The third kappa shape index (κ3) is 3.25. The van der Waals surface area contributed by atoms with E-state index in [0.29, 0.717) is 32.5 Å². The summed E-state index contributed by atoms with van der Waals surface area (Å²) in [7, 11) is 3.52. The molecule has 1 aromatic heterocycles. The van der Waals surface area contributed by atoms with Gasteiger partial charge in [-0.1, -0.05) is 12.1 Å². The van der Waals surface area contributed by atoms with Gasteiger partial charge in [-0.3, -0.25) is 18.7 Å². The molecule has 0 saturated carbocycles. The molecule has 0 unspecified atom stereocenters. The summed E-state index contributed by atoms with van der Waals surface area (Å²) in [5.41, 5.74) is 1.48. The number of fused-ring (bicyclic) bond motifs is 1. The first-order valence-electron chi connectivity index (χ1n) is 9.11. The highest BCUT2D eigenvalue weighted by atomic mass is 16.2. The van der Waals surface area contributed by atoms with Gasteiger partial charge in [0, 0.05) is 39.6 Å². The fourth-order valence-electron chi connectivity index (χ4n) is 3.71. The summed E-state index contributed by atoms with van der Waals surface area (Å²) < 4.78 is 3.24. The summed E-state index contributed by atoms with van der Waals surface area (Å²) in [6, 6.07) is 7.55. The zero-order chi connectivity index (χ0) is 18.8. The first kappa shape index (κ1) is 18.2. The van der Waals surface area contributed by atoms with Gasteiger partial charge in [-0.25, -0.2) is 4.79 Å². The van der Waals surface area contributed by atoms with Crippen LogP contribution in [-0.4, -0.2) is 57.9 Å². The van der Waals surface area contributed by atoms with Gasteiger partial charge in [0.2, 0.25) is 11.8 Å². The Kier molecular flexibility index (Phi) is 5.15. The molecule has 1 aliphatic rings. The van der Waals surface area contributed by atoms with Gasteiger partial charge in [0.15, 0.2) is 0 Å². The number of rotatable bonds is 4. The molecule has 0 spiro atoms. The van der Waals surface area contributed by atoms with Crippen LogP contribution in [-0.2, 0) is 22.7 Å². The van der Waals surface area contributed by atoms with Crippen LogP contribution in [0.25, 0.3) is 11.0 Å². The van der Waals surface area contributed by atoms with Crippen molar-refractivity contribution in [3.05, 3.63) is 34.7 Å². The van der Waals surface area contributed by atoms with Crippen molar-refractivity contribution < 1.29 is 9.59 Å². The summed E-state index contributed by atoms with van der Waals surface area (Å²) in [5, 5.41) is 0. The number of nitrogens with zero attached hydrogens (tertiary/aromatic N) is 4. The van der Waals surface area contributed by atoms with Crippen LogP contribution in [0.15, 0.2) is 29.1 Å². The van der Waals surface area contributed by atoms with E-state index < -0.39 is 0 Å². The molecule has 2 heterocycles. The maximum atomic E-state index is 12.7. The molecule has 2 aromatic rings. The van der Waals surface area contributed by atoms with E-state index >= 15 is 0 Å². The molecule has 2 amide bonds. The van der Waals surface area contributed by atoms with Crippen molar-refractivity contribution in [1.29, 1.82) is 0 Å². The number of benzene rings is 1. The van der Waals surface area contributed by atoms with E-state index in [1.54, 1.807) is 33.0 Å². The third-order valence-corrected chi connectivity index (χ3v) is 5.17. The molecule has 0 atom stereocenters. The number of imidazole rings is 1.